The number of aromatic nitrogens is 1. The average Bonchev–Trinajstić information content (AvgIpc) is 2.88. The summed E-state index contributed by atoms with van der Waals surface area (Å²) >= 11 is 0. The molecule has 0 aliphatic carbocycles. The Hall–Kier alpha value is -3.28. The van der Waals surface area contributed by atoms with Crippen molar-refractivity contribution in [3.05, 3.63) is 64.8 Å². The smallest absolute Gasteiger partial charge is 0.352 e. The van der Waals surface area contributed by atoms with Gasteiger partial charge in [-0.3, -0.25) is 4.79 Å². The molecule has 0 fully saturated rings. The van der Waals surface area contributed by atoms with Crippen molar-refractivity contribution in [2.24, 2.45) is 12.8 Å². The van der Waals surface area contributed by atoms with E-state index in [1.165, 1.54) is 23.0 Å². The second-order valence-corrected chi connectivity index (χ2v) is 4.95. The number of carboxylic acids is 1. The van der Waals surface area contributed by atoms with Crippen LogP contribution in [0.5, 0.6) is 0 Å². The molecule has 23 heavy (non-hydrogen) atoms. The van der Waals surface area contributed by atoms with Gasteiger partial charge in [0.2, 0.25) is 0 Å². The van der Waals surface area contributed by atoms with E-state index in [4.69, 9.17) is 10.8 Å². The fraction of sp³-hybridized carbons (Fsp3) is 0.0588. The number of anilines is 1. The monoisotopic (exact) mass is 311 g/mol. The summed E-state index contributed by atoms with van der Waals surface area (Å²) in [5.41, 5.74) is 6.25. The van der Waals surface area contributed by atoms with E-state index in [1.54, 1.807) is 13.1 Å². The minimum Gasteiger partial charge on any atom is -0.477 e. The quantitative estimate of drug-likeness (QED) is 0.712. The normalized spacial score (nSPS) is 12.2. The summed E-state index contributed by atoms with van der Waals surface area (Å²) in [6.45, 7) is 3.74. The van der Waals surface area contributed by atoms with Gasteiger partial charge in [-0.05, 0) is 22.6 Å². The van der Waals surface area contributed by atoms with E-state index in [-0.39, 0.29) is 11.3 Å². The first-order chi connectivity index (χ1) is 10.9. The highest BCUT2D eigenvalue weighted by Gasteiger charge is 2.12. The highest BCUT2D eigenvalue weighted by atomic mass is 16.4. The van der Waals surface area contributed by atoms with Gasteiger partial charge in [-0.15, -0.1) is 0 Å². The van der Waals surface area contributed by atoms with Gasteiger partial charge in [0.1, 0.15) is 5.69 Å². The Morgan fingerprint density at radius 2 is 1.96 bits per heavy atom. The zero-order valence-corrected chi connectivity index (χ0v) is 12.6. The van der Waals surface area contributed by atoms with E-state index < -0.39 is 11.9 Å². The molecule has 6 nitrogen and oxygen atoms in total. The Labute approximate surface area is 132 Å². The number of nitrogens with two attached hydrogens (primary N) is 1. The number of benzene rings is 1. The van der Waals surface area contributed by atoms with Crippen molar-refractivity contribution in [2.75, 3.05) is 5.32 Å². The molecule has 4 N–H and O–H groups in total. The number of carbonyl (C=O) groups is 2. The number of nitrogens with zero attached hydrogens (tertiary/aromatic N) is 1. The van der Waals surface area contributed by atoms with Crippen LogP contribution in [0.25, 0.3) is 12.3 Å². The molecule has 6 heteroatoms. The molecule has 0 saturated heterocycles. The molecular weight excluding hydrogens is 294 g/mol. The first-order valence-electron chi connectivity index (χ1n) is 6.81. The van der Waals surface area contributed by atoms with Crippen LogP contribution < -0.4 is 21.5 Å². The molecule has 0 radical (unpaired) electrons. The summed E-state index contributed by atoms with van der Waals surface area (Å²) in [7, 11) is 1.59. The van der Waals surface area contributed by atoms with Gasteiger partial charge < -0.3 is 20.7 Å². The fourth-order valence-electron chi connectivity index (χ4n) is 2.10. The van der Waals surface area contributed by atoms with Crippen LogP contribution in [-0.4, -0.2) is 21.6 Å². The Morgan fingerprint density at radius 1 is 1.30 bits per heavy atom. The number of aromatic carboxylic acids is 1. The molecule has 118 valence electrons. The number of carbonyl (C=O) groups excluding carboxylic acids is 1. The summed E-state index contributed by atoms with van der Waals surface area (Å²) in [5.74, 6) is -1.48. The largest absolute Gasteiger partial charge is 0.477 e. The van der Waals surface area contributed by atoms with Gasteiger partial charge in [0.15, 0.2) is 0 Å². The van der Waals surface area contributed by atoms with E-state index in [1.807, 2.05) is 24.3 Å². The number of carboxylic acid groups (broad SMARTS) is 1. The van der Waals surface area contributed by atoms with E-state index in [2.05, 4.69) is 11.9 Å². The van der Waals surface area contributed by atoms with Crippen molar-refractivity contribution >= 4 is 29.8 Å². The number of hydrogen-bond acceptors (Lipinski definition) is 3. The molecule has 0 atom stereocenters. The van der Waals surface area contributed by atoms with Crippen molar-refractivity contribution in [1.29, 1.82) is 0 Å². The van der Waals surface area contributed by atoms with Crippen LogP contribution in [0.2, 0.25) is 0 Å². The lowest BCUT2D eigenvalue weighted by Crippen LogP contribution is -2.26. The van der Waals surface area contributed by atoms with E-state index in [9.17, 15) is 9.59 Å². The van der Waals surface area contributed by atoms with Crippen LogP contribution in [0.1, 0.15) is 10.5 Å². The molecule has 1 aromatic carbocycles. The van der Waals surface area contributed by atoms with Crippen molar-refractivity contribution in [2.45, 2.75) is 0 Å². The maximum absolute atomic E-state index is 12.2. The van der Waals surface area contributed by atoms with Gasteiger partial charge in [-0.25, -0.2) is 4.79 Å². The molecule has 0 saturated carbocycles. The lowest BCUT2D eigenvalue weighted by Gasteiger charge is -2.02. The predicted octanol–water partition coefficient (Wildman–Crippen LogP) is 0.395. The highest BCUT2D eigenvalue weighted by molar-refractivity contribution is 6.09. The maximum atomic E-state index is 12.2. The van der Waals surface area contributed by atoms with E-state index in [0.717, 1.165) is 10.4 Å². The summed E-state index contributed by atoms with van der Waals surface area (Å²) in [4.78, 5) is 23.2. The Balaban J connectivity index is 2.23. The summed E-state index contributed by atoms with van der Waals surface area (Å²) < 4.78 is 1.42. The third kappa shape index (κ3) is 3.68. The molecular formula is C17H17N3O3. The summed E-state index contributed by atoms with van der Waals surface area (Å²) in [5, 5.41) is 13.2. The molecule has 0 aliphatic rings. The van der Waals surface area contributed by atoms with Crippen LogP contribution in [-0.2, 0) is 11.8 Å². The van der Waals surface area contributed by atoms with Crippen molar-refractivity contribution in [1.82, 2.24) is 4.57 Å². The third-order valence-electron chi connectivity index (χ3n) is 3.28. The van der Waals surface area contributed by atoms with Crippen LogP contribution in [0.4, 0.5) is 5.69 Å². The number of aryl methyl sites for hydroxylation is 1. The van der Waals surface area contributed by atoms with Gasteiger partial charge >= 0.3 is 5.97 Å². The number of nitrogens with one attached hydrogen (secondary N) is 1. The number of rotatable bonds is 4. The lowest BCUT2D eigenvalue weighted by atomic mass is 10.1. The fourth-order valence-corrected chi connectivity index (χ4v) is 2.10. The Morgan fingerprint density at radius 3 is 2.52 bits per heavy atom. The molecule has 2 aromatic rings. The average molecular weight is 311 g/mol. The SMILES string of the molecule is C=C(/C=c1/cccc/c1=C/N)C(=O)Nc1cc(C(=O)O)n(C)c1. The van der Waals surface area contributed by atoms with Crippen molar-refractivity contribution in [3.63, 3.8) is 0 Å². The number of hydrogen-bond donors (Lipinski definition) is 3. The second kappa shape index (κ2) is 6.65. The van der Waals surface area contributed by atoms with Crippen molar-refractivity contribution < 1.29 is 14.7 Å². The van der Waals surface area contributed by atoms with Crippen molar-refractivity contribution in [3.8, 4) is 0 Å². The molecule has 0 aliphatic heterocycles. The minimum atomic E-state index is -1.06. The zero-order valence-electron chi connectivity index (χ0n) is 12.6. The zero-order chi connectivity index (χ0) is 17.0. The predicted molar refractivity (Wildman–Crippen MR) is 89.0 cm³/mol. The molecule has 0 bridgehead atoms. The van der Waals surface area contributed by atoms with Gasteiger partial charge in [0.25, 0.3) is 5.91 Å². The topological polar surface area (TPSA) is 97.3 Å². The summed E-state index contributed by atoms with van der Waals surface area (Å²) in [6, 6.07) is 8.71. The molecule has 2 rings (SSSR count). The molecule has 1 amide bonds. The lowest BCUT2D eigenvalue weighted by molar-refractivity contribution is -0.112. The third-order valence-corrected chi connectivity index (χ3v) is 3.28. The van der Waals surface area contributed by atoms with Crippen LogP contribution in [0.15, 0.2) is 48.7 Å². The van der Waals surface area contributed by atoms with Gasteiger partial charge in [-0.2, -0.15) is 0 Å². The second-order valence-electron chi connectivity index (χ2n) is 4.95. The standard InChI is InChI=1S/C17H17N3O3/c1-11(7-12-5-3-4-6-13(12)9-18)16(21)19-14-8-15(17(22)23)20(2)10-14/h3-10H,1,18H2,2H3,(H,19,21)(H,22,23)/b12-7-,13-9-. The minimum absolute atomic E-state index is 0.0815. The van der Waals surface area contributed by atoms with E-state index >= 15 is 0 Å². The van der Waals surface area contributed by atoms with Gasteiger partial charge in [0.05, 0.1) is 5.69 Å². The van der Waals surface area contributed by atoms with Crippen LogP contribution in [0, 0.1) is 0 Å². The summed E-state index contributed by atoms with van der Waals surface area (Å²) in [6.07, 6.45) is 4.60. The number of amides is 1. The maximum Gasteiger partial charge on any atom is 0.352 e. The molecule has 1 heterocycles. The Kier molecular flexibility index (Phi) is 4.66. The molecule has 1 aromatic heterocycles. The van der Waals surface area contributed by atoms with Gasteiger partial charge in [-0.1, -0.05) is 30.8 Å². The first kappa shape index (κ1) is 16.1. The van der Waals surface area contributed by atoms with Crippen LogP contribution in [0.3, 0.4) is 0 Å². The molecule has 0 spiro atoms. The van der Waals surface area contributed by atoms with Crippen LogP contribution >= 0.6 is 0 Å². The Bertz CT molecular complexity index is 894. The van der Waals surface area contributed by atoms with Gasteiger partial charge in [0, 0.05) is 25.0 Å². The first-order valence-corrected chi connectivity index (χ1v) is 6.81. The van der Waals surface area contributed by atoms with E-state index in [0.29, 0.717) is 5.69 Å². The highest BCUT2D eigenvalue weighted by Crippen LogP contribution is 2.13. The molecule has 0 unspecified atom stereocenters.